The maximum absolute atomic E-state index is 11.2. The Morgan fingerprint density at radius 3 is 1.87 bits per heavy atom. The van der Waals surface area contributed by atoms with E-state index in [1.165, 1.54) is 16.7 Å². The van der Waals surface area contributed by atoms with E-state index in [9.17, 15) is 22.0 Å². The molecule has 0 saturated heterocycles. The molecule has 132 valence electrons. The molecule has 0 aliphatic carbocycles. The zero-order valence-corrected chi connectivity index (χ0v) is 15.5. The number of aromatic hydroxyl groups is 1. The van der Waals surface area contributed by atoms with Crippen LogP contribution in [0.5, 0.6) is 5.75 Å². The Kier molecular flexibility index (Phi) is 6.55. The molecule has 2 aromatic rings. The number of halogens is 6. The number of phenolic OH excluding ortho intramolecular Hbond substituents is 1. The summed E-state index contributed by atoms with van der Waals surface area (Å²) in [6.45, 7) is 2.07. The van der Waals surface area contributed by atoms with Gasteiger partial charge in [-0.15, -0.1) is 0 Å². The fraction of sp³-hybridized carbons (Fsp3) is 0.143. The first kappa shape index (κ1) is 22.0. The van der Waals surface area contributed by atoms with E-state index >= 15 is 0 Å². The molecule has 9 heteroatoms. The Morgan fingerprint density at radius 1 is 0.913 bits per heavy atom. The number of phenols is 1. The predicted molar refractivity (Wildman–Crippen MR) is 86.0 cm³/mol. The van der Waals surface area contributed by atoms with Crippen molar-refractivity contribution in [2.45, 2.75) is 13.3 Å². The molecule has 2 rings (SSSR count). The average Bonchev–Trinajstić information content (AvgIpc) is 2.31. The maximum atomic E-state index is 9.93. The van der Waals surface area contributed by atoms with Crippen LogP contribution in [0.15, 0.2) is 48.5 Å². The first-order valence-electron chi connectivity index (χ1n) is 6.09. The summed E-state index contributed by atoms with van der Waals surface area (Å²) in [5.41, 5.74) is 3.67. The Hall–Kier alpha value is -1.01. The van der Waals surface area contributed by atoms with E-state index in [1.54, 1.807) is 6.07 Å². The number of aryl methyl sites for hydroxylation is 1. The van der Waals surface area contributed by atoms with Crippen LogP contribution in [0.3, 0.4) is 0 Å². The molecule has 0 atom stereocenters. The summed E-state index contributed by atoms with van der Waals surface area (Å²) in [6.07, 6.45) is 0.876. The summed E-state index contributed by atoms with van der Waals surface area (Å²) in [5, 5.41) is 9.42. The summed E-state index contributed by atoms with van der Waals surface area (Å²) >= 11 is -11.2. The quantitative estimate of drug-likeness (QED) is 0.445. The van der Waals surface area contributed by atoms with Crippen molar-refractivity contribution in [3.05, 3.63) is 65.2 Å². The standard InChI is InChI=1S/C14H14O.6FH.H2S.Sb/c1-11-7-8-14(15)10-13(11)9-12-5-3-2-4-6-12;;;;;;;;/h2-8,10,15H,9H2,1H3;6*1H;1H2;/q;;;;;;;;+5/p-5. The van der Waals surface area contributed by atoms with Crippen LogP contribution >= 0.6 is 13.5 Å². The van der Waals surface area contributed by atoms with Crippen molar-refractivity contribution in [2.75, 3.05) is 0 Å². The summed E-state index contributed by atoms with van der Waals surface area (Å²) in [5.74, 6) is 0.339. The normalized spacial score (nSPS) is 13.7. The van der Waals surface area contributed by atoms with Gasteiger partial charge in [0.2, 0.25) is 0 Å². The molecule has 1 N–H and O–H groups in total. The molecule has 0 aliphatic rings. The zero-order valence-electron chi connectivity index (χ0n) is 13.0. The predicted octanol–water partition coefficient (Wildman–Crippen LogP) is 5.66. The van der Waals surface area contributed by atoms with Crippen LogP contribution in [0.1, 0.15) is 18.1 Å². The molecule has 23 heavy (non-hydrogen) atoms. The summed E-state index contributed by atoms with van der Waals surface area (Å²) in [6, 6.07) is 15.8. The van der Waals surface area contributed by atoms with Crippen LogP contribution in [-0.4, -0.2) is 24.6 Å². The average molecular weight is 469 g/mol. The van der Waals surface area contributed by atoms with E-state index in [4.69, 9.17) is 0 Å². The van der Waals surface area contributed by atoms with Gasteiger partial charge in [0.1, 0.15) is 5.75 Å². The Labute approximate surface area is 140 Å². The first-order chi connectivity index (χ1) is 9.70. The Bertz CT molecular complexity index is 638. The zero-order chi connectivity index (χ0) is 17.1. The number of hydrogen-bond acceptors (Lipinski definition) is 1. The molecule has 0 heterocycles. The van der Waals surface area contributed by atoms with Crippen LogP contribution in [0, 0.1) is 6.92 Å². The van der Waals surface area contributed by atoms with E-state index < -0.39 is 19.5 Å². The molecular formula is C14H17F6OSSb. The Morgan fingerprint density at radius 2 is 1.39 bits per heavy atom. The third kappa shape index (κ3) is 13.2. The van der Waals surface area contributed by atoms with Crippen molar-refractivity contribution in [3.8, 4) is 5.75 Å². The smallest absolute Gasteiger partial charge is 1.00 e. The van der Waals surface area contributed by atoms with Crippen molar-refractivity contribution < 1.29 is 23.4 Å². The summed E-state index contributed by atoms with van der Waals surface area (Å²) < 4.78 is 59.6. The van der Waals surface area contributed by atoms with E-state index in [0.29, 0.717) is 5.75 Å². The molecule has 2 aromatic carbocycles. The van der Waals surface area contributed by atoms with Crippen molar-refractivity contribution in [2.24, 2.45) is 0 Å². The van der Waals surface area contributed by atoms with Crippen molar-refractivity contribution in [1.29, 1.82) is 0 Å². The minimum absolute atomic E-state index is 0. The van der Waals surface area contributed by atoms with E-state index in [1.807, 2.05) is 30.3 Å². The van der Waals surface area contributed by atoms with E-state index in [0.717, 1.165) is 6.42 Å². The van der Waals surface area contributed by atoms with Gasteiger partial charge in [-0.3, -0.25) is 0 Å². The van der Waals surface area contributed by atoms with Gasteiger partial charge < -0.3 is 5.11 Å². The topological polar surface area (TPSA) is 20.2 Å². The van der Waals surface area contributed by atoms with Gasteiger partial charge in [0.05, 0.1) is 0 Å². The minimum Gasteiger partial charge on any atom is 1.00 e. The van der Waals surface area contributed by atoms with E-state index in [2.05, 4.69) is 19.1 Å². The number of hydrogen-bond donors (Lipinski definition) is 1. The SMILES string of the molecule is Cc1ccc(O)cc1Cc1ccccc1.S.[F][Sb-]([F])([F])([F])([F])[F].[H+]. The molecular weight excluding hydrogens is 452 g/mol. The van der Waals surface area contributed by atoms with Gasteiger partial charge in [-0.1, -0.05) is 36.4 Å². The monoisotopic (exact) mass is 468 g/mol. The second-order valence-electron chi connectivity index (χ2n) is 4.73. The minimum atomic E-state index is -11.2. The van der Waals surface area contributed by atoms with Gasteiger partial charge in [0, 0.05) is 0 Å². The van der Waals surface area contributed by atoms with Crippen molar-refractivity contribution >= 4 is 33.0 Å². The molecule has 0 radical (unpaired) electrons. The maximum Gasteiger partial charge on any atom is 1.00 e. The molecule has 0 saturated carbocycles. The van der Waals surface area contributed by atoms with Crippen molar-refractivity contribution in [3.63, 3.8) is 0 Å². The van der Waals surface area contributed by atoms with Gasteiger partial charge in [0.15, 0.2) is 0 Å². The summed E-state index contributed by atoms with van der Waals surface area (Å²) in [7, 11) is 0. The molecule has 0 amide bonds. The molecule has 0 bridgehead atoms. The second kappa shape index (κ2) is 6.85. The van der Waals surface area contributed by atoms with Crippen molar-refractivity contribution in [1.82, 2.24) is 0 Å². The van der Waals surface area contributed by atoms with Gasteiger partial charge in [-0.05, 0) is 42.2 Å². The van der Waals surface area contributed by atoms with Gasteiger partial charge in [-0.25, -0.2) is 0 Å². The van der Waals surface area contributed by atoms with E-state index in [-0.39, 0.29) is 14.9 Å². The Balaban J connectivity index is 0. The van der Waals surface area contributed by atoms with Gasteiger partial charge in [0.25, 0.3) is 0 Å². The molecule has 0 aliphatic heterocycles. The fourth-order valence-corrected chi connectivity index (χ4v) is 1.66. The van der Waals surface area contributed by atoms with Gasteiger partial charge >= 0.3 is 37.8 Å². The van der Waals surface area contributed by atoms with Gasteiger partial charge in [-0.2, -0.15) is 13.5 Å². The molecule has 0 aromatic heterocycles. The third-order valence-corrected chi connectivity index (χ3v) is 2.57. The summed E-state index contributed by atoms with van der Waals surface area (Å²) in [4.78, 5) is 0. The first-order valence-corrected chi connectivity index (χ1v) is 11.9. The van der Waals surface area contributed by atoms with Crippen LogP contribution < -0.4 is 0 Å². The number of benzene rings is 2. The molecule has 0 spiro atoms. The molecule has 0 unspecified atom stereocenters. The third-order valence-electron chi connectivity index (χ3n) is 2.57. The van der Waals surface area contributed by atoms with Crippen LogP contribution in [0.2, 0.25) is 0 Å². The number of rotatable bonds is 2. The molecule has 1 nitrogen and oxygen atoms in total. The largest absolute Gasteiger partial charge is 1.00 e. The fourth-order valence-electron chi connectivity index (χ4n) is 1.66. The second-order valence-corrected chi connectivity index (χ2v) is 10.2. The molecule has 0 fully saturated rings. The van der Waals surface area contributed by atoms with Crippen LogP contribution in [-0.2, 0) is 6.42 Å². The van der Waals surface area contributed by atoms with Crippen LogP contribution in [0.4, 0.5) is 16.9 Å². The van der Waals surface area contributed by atoms with Crippen LogP contribution in [0.25, 0.3) is 0 Å².